The van der Waals surface area contributed by atoms with E-state index in [0.717, 1.165) is 28.5 Å². The number of ether oxygens (including phenoxy) is 2. The lowest BCUT2D eigenvalue weighted by molar-refractivity contribution is 0.146. The van der Waals surface area contributed by atoms with E-state index in [0.29, 0.717) is 34.1 Å². The molecule has 6 nitrogen and oxygen atoms in total. The number of anilines is 1. The van der Waals surface area contributed by atoms with E-state index < -0.39 is 0 Å². The molecule has 1 aliphatic heterocycles. The van der Waals surface area contributed by atoms with Crippen LogP contribution in [0.1, 0.15) is 40.3 Å². The largest absolute Gasteiger partial charge is 0.490 e. The van der Waals surface area contributed by atoms with Crippen molar-refractivity contribution in [2.75, 3.05) is 25.2 Å². The SMILES string of the molecule is COCCOc1ccc(N2C(=S)N[C@H](c3ccccn3)[C@H]2c2c(C)c(C)n(-c3cccc(Cl)c3)c2C)cc1Cl. The van der Waals surface area contributed by atoms with Gasteiger partial charge in [0.25, 0.3) is 0 Å². The van der Waals surface area contributed by atoms with Crippen molar-refractivity contribution in [3.8, 4) is 11.4 Å². The maximum atomic E-state index is 6.68. The second kappa shape index (κ2) is 11.6. The summed E-state index contributed by atoms with van der Waals surface area (Å²) in [7, 11) is 1.64. The molecule has 2 atom stereocenters. The van der Waals surface area contributed by atoms with E-state index in [1.165, 1.54) is 11.1 Å². The minimum absolute atomic E-state index is 0.178. The van der Waals surface area contributed by atoms with Crippen LogP contribution in [-0.4, -0.2) is 35.0 Å². The lowest BCUT2D eigenvalue weighted by Gasteiger charge is -2.29. The van der Waals surface area contributed by atoms with Crippen molar-refractivity contribution in [3.63, 3.8) is 0 Å². The van der Waals surface area contributed by atoms with Crippen molar-refractivity contribution in [3.05, 3.63) is 105 Å². The van der Waals surface area contributed by atoms with Gasteiger partial charge in [0.15, 0.2) is 5.11 Å². The molecule has 0 amide bonds. The van der Waals surface area contributed by atoms with E-state index in [1.807, 2.05) is 60.8 Å². The van der Waals surface area contributed by atoms with Crippen LogP contribution in [-0.2, 0) is 4.74 Å². The first-order chi connectivity index (χ1) is 18.8. The molecule has 0 bridgehead atoms. The summed E-state index contributed by atoms with van der Waals surface area (Å²) in [6.45, 7) is 7.33. The monoisotopic (exact) mass is 580 g/mol. The summed E-state index contributed by atoms with van der Waals surface area (Å²) in [5.74, 6) is 0.601. The number of nitrogens with zero attached hydrogens (tertiary/aromatic N) is 3. The summed E-state index contributed by atoms with van der Waals surface area (Å²) in [5, 5.41) is 5.35. The third-order valence-electron chi connectivity index (χ3n) is 7.21. The van der Waals surface area contributed by atoms with E-state index in [4.69, 9.17) is 49.9 Å². The number of hydrogen-bond acceptors (Lipinski definition) is 4. The number of pyridine rings is 1. The molecule has 0 saturated carbocycles. The highest BCUT2D eigenvalue weighted by Crippen LogP contribution is 2.46. The van der Waals surface area contributed by atoms with Gasteiger partial charge in [-0.15, -0.1) is 0 Å². The van der Waals surface area contributed by atoms with Crippen molar-refractivity contribution in [2.45, 2.75) is 32.9 Å². The molecule has 39 heavy (non-hydrogen) atoms. The van der Waals surface area contributed by atoms with E-state index in [-0.39, 0.29) is 12.1 Å². The van der Waals surface area contributed by atoms with Gasteiger partial charge < -0.3 is 24.3 Å². The van der Waals surface area contributed by atoms with Gasteiger partial charge in [-0.05, 0) is 87.1 Å². The van der Waals surface area contributed by atoms with Gasteiger partial charge in [-0.25, -0.2) is 0 Å². The Labute approximate surface area is 244 Å². The predicted molar refractivity (Wildman–Crippen MR) is 162 cm³/mol. The Morgan fingerprint density at radius 3 is 2.46 bits per heavy atom. The molecule has 0 unspecified atom stereocenters. The zero-order valence-corrected chi connectivity index (χ0v) is 24.6. The standard InChI is InChI=1S/C30H30Cl2N4O2S/c1-18-19(2)35(22-9-7-8-21(31)16-22)20(3)27(18)29-28(25-10-5-6-13-33-25)34-30(39)36(29)23-11-12-26(24(32)17-23)38-15-14-37-4/h5-13,16-17,28-29H,14-15H2,1-4H3,(H,34,39)/t28-,29-/m1/s1. The first-order valence-electron chi connectivity index (χ1n) is 12.7. The van der Waals surface area contributed by atoms with Crippen LogP contribution in [0.3, 0.4) is 0 Å². The molecule has 2 aromatic heterocycles. The molecule has 2 aromatic carbocycles. The third-order valence-corrected chi connectivity index (χ3v) is 8.05. The molecule has 0 spiro atoms. The van der Waals surface area contributed by atoms with Crippen LogP contribution in [0.2, 0.25) is 10.0 Å². The van der Waals surface area contributed by atoms with Crippen molar-refractivity contribution >= 4 is 46.2 Å². The quantitative estimate of drug-likeness (QED) is 0.174. The summed E-state index contributed by atoms with van der Waals surface area (Å²) in [4.78, 5) is 6.84. The predicted octanol–water partition coefficient (Wildman–Crippen LogP) is 7.31. The number of rotatable bonds is 8. The highest BCUT2D eigenvalue weighted by Gasteiger charge is 2.43. The van der Waals surface area contributed by atoms with Crippen LogP contribution in [0.4, 0.5) is 5.69 Å². The fourth-order valence-corrected chi connectivity index (χ4v) is 6.12. The van der Waals surface area contributed by atoms with Crippen molar-refractivity contribution in [1.82, 2.24) is 14.9 Å². The van der Waals surface area contributed by atoms with E-state index in [9.17, 15) is 0 Å². The zero-order valence-electron chi connectivity index (χ0n) is 22.2. The van der Waals surface area contributed by atoms with Gasteiger partial charge in [0.1, 0.15) is 12.4 Å². The maximum absolute atomic E-state index is 6.68. The highest BCUT2D eigenvalue weighted by atomic mass is 35.5. The fraction of sp³-hybridized carbons (Fsp3) is 0.267. The summed E-state index contributed by atoms with van der Waals surface area (Å²) in [6.07, 6.45) is 1.81. The lowest BCUT2D eigenvalue weighted by atomic mass is 9.93. The van der Waals surface area contributed by atoms with Crippen LogP contribution < -0.4 is 15.0 Å². The molecule has 1 saturated heterocycles. The van der Waals surface area contributed by atoms with Crippen LogP contribution in [0, 0.1) is 20.8 Å². The fourth-order valence-electron chi connectivity index (χ4n) is 5.36. The Hall–Kier alpha value is -3.10. The molecule has 1 N–H and O–H groups in total. The Bertz CT molecular complexity index is 1510. The van der Waals surface area contributed by atoms with E-state index in [2.05, 4.69) is 41.6 Å². The molecule has 202 valence electrons. The van der Waals surface area contributed by atoms with E-state index >= 15 is 0 Å². The highest BCUT2D eigenvalue weighted by molar-refractivity contribution is 7.80. The molecule has 3 heterocycles. The number of aromatic nitrogens is 2. The molecule has 1 aliphatic rings. The molecule has 5 rings (SSSR count). The zero-order chi connectivity index (χ0) is 27.7. The molecule has 4 aromatic rings. The van der Waals surface area contributed by atoms with Crippen LogP contribution >= 0.6 is 35.4 Å². The minimum atomic E-state index is -0.179. The van der Waals surface area contributed by atoms with Crippen LogP contribution in [0.5, 0.6) is 5.75 Å². The third kappa shape index (κ3) is 5.24. The maximum Gasteiger partial charge on any atom is 0.174 e. The van der Waals surface area contributed by atoms with Gasteiger partial charge in [0.05, 0.1) is 29.4 Å². The average molecular weight is 582 g/mol. The van der Waals surface area contributed by atoms with Gasteiger partial charge >= 0.3 is 0 Å². The Kier molecular flexibility index (Phi) is 8.14. The van der Waals surface area contributed by atoms with E-state index in [1.54, 1.807) is 7.11 Å². The molecular weight excluding hydrogens is 551 g/mol. The first kappa shape index (κ1) is 27.5. The number of methoxy groups -OCH3 is 1. The number of halogens is 2. The summed E-state index contributed by atoms with van der Waals surface area (Å²) in [5.41, 5.74) is 7.40. The number of thiocarbonyl (C=S) groups is 1. The number of hydrogen-bond donors (Lipinski definition) is 1. The number of nitrogens with one attached hydrogen (secondary N) is 1. The van der Waals surface area contributed by atoms with Crippen LogP contribution in [0.25, 0.3) is 5.69 Å². The van der Waals surface area contributed by atoms with Crippen molar-refractivity contribution in [2.24, 2.45) is 0 Å². The molecule has 0 radical (unpaired) electrons. The average Bonchev–Trinajstić information content (AvgIpc) is 3.37. The van der Waals surface area contributed by atoms with Gasteiger partial charge in [-0.2, -0.15) is 0 Å². The molecular formula is C30H30Cl2N4O2S. The summed E-state index contributed by atoms with van der Waals surface area (Å²) < 4.78 is 13.1. The Balaban J connectivity index is 1.65. The number of benzene rings is 2. The summed E-state index contributed by atoms with van der Waals surface area (Å²) >= 11 is 19.0. The smallest absolute Gasteiger partial charge is 0.174 e. The minimum Gasteiger partial charge on any atom is -0.490 e. The topological polar surface area (TPSA) is 51.6 Å². The van der Waals surface area contributed by atoms with Gasteiger partial charge in [-0.1, -0.05) is 35.3 Å². The summed E-state index contributed by atoms with van der Waals surface area (Å²) in [6, 6.07) is 19.3. The first-order valence-corrected chi connectivity index (χ1v) is 13.8. The van der Waals surface area contributed by atoms with Crippen molar-refractivity contribution in [1.29, 1.82) is 0 Å². The Morgan fingerprint density at radius 1 is 0.949 bits per heavy atom. The molecule has 9 heteroatoms. The second-order valence-corrected chi connectivity index (χ2v) is 10.7. The van der Waals surface area contributed by atoms with Gasteiger partial charge in [0.2, 0.25) is 0 Å². The van der Waals surface area contributed by atoms with Crippen LogP contribution in [0.15, 0.2) is 66.9 Å². The van der Waals surface area contributed by atoms with Gasteiger partial charge in [-0.3, -0.25) is 4.98 Å². The van der Waals surface area contributed by atoms with Crippen molar-refractivity contribution < 1.29 is 9.47 Å². The molecule has 1 fully saturated rings. The molecule has 0 aliphatic carbocycles. The van der Waals surface area contributed by atoms with Gasteiger partial charge in [0, 0.05) is 46.7 Å². The Morgan fingerprint density at radius 2 is 1.77 bits per heavy atom. The lowest BCUT2D eigenvalue weighted by Crippen LogP contribution is -2.29. The normalized spacial score (nSPS) is 17.0. The second-order valence-electron chi connectivity index (χ2n) is 9.48.